The summed E-state index contributed by atoms with van der Waals surface area (Å²) in [5.41, 5.74) is 0. The van der Waals surface area contributed by atoms with E-state index < -0.39 is 0 Å². The van der Waals surface area contributed by atoms with Gasteiger partial charge in [-0.2, -0.15) is 0 Å². The molecule has 0 saturated heterocycles. The molecule has 0 fully saturated rings. The summed E-state index contributed by atoms with van der Waals surface area (Å²) in [5, 5.41) is 2.88. The van der Waals surface area contributed by atoms with Crippen molar-refractivity contribution in [3.8, 4) is 0 Å². The zero-order chi connectivity index (χ0) is 9.56. The van der Waals surface area contributed by atoms with Gasteiger partial charge in [0.25, 0.3) is 0 Å². The summed E-state index contributed by atoms with van der Waals surface area (Å²) in [6, 6.07) is 0. The van der Waals surface area contributed by atoms with Crippen LogP contribution in [0.2, 0.25) is 0 Å². The minimum absolute atomic E-state index is 0.154. The average molecular weight is 236 g/mol. The molecule has 2 unspecified atom stereocenters. The Hall–Kier alpha value is -0.0500. The van der Waals surface area contributed by atoms with E-state index in [1.807, 2.05) is 13.8 Å². The molecule has 0 spiro atoms. The van der Waals surface area contributed by atoms with Gasteiger partial charge in [0.05, 0.1) is 0 Å². The number of rotatable bonds is 5. The van der Waals surface area contributed by atoms with Crippen LogP contribution in [0.3, 0.4) is 0 Å². The van der Waals surface area contributed by atoms with E-state index in [1.165, 1.54) is 0 Å². The molecule has 1 amide bonds. The van der Waals surface area contributed by atoms with E-state index in [9.17, 15) is 4.79 Å². The molecule has 3 heteroatoms. The third-order valence-electron chi connectivity index (χ3n) is 1.73. The molecule has 0 bridgehead atoms. The molecule has 0 aromatic rings. The highest BCUT2D eigenvalue weighted by Gasteiger charge is 2.11. The second-order valence-electron chi connectivity index (χ2n) is 3.22. The molecule has 0 aromatic carbocycles. The Morgan fingerprint density at radius 3 is 2.50 bits per heavy atom. The lowest BCUT2D eigenvalue weighted by molar-refractivity contribution is -0.124. The quantitative estimate of drug-likeness (QED) is 0.729. The molecule has 0 aliphatic heterocycles. The summed E-state index contributed by atoms with van der Waals surface area (Å²) in [7, 11) is 0. The molecule has 0 saturated carbocycles. The molecule has 0 aliphatic rings. The molecule has 2 atom stereocenters. The average Bonchev–Trinajstić information content (AvgIpc) is 2.00. The number of hydrogen-bond donors (Lipinski definition) is 1. The first kappa shape index (κ1) is 11.9. The molecule has 72 valence electrons. The number of alkyl halides is 1. The van der Waals surface area contributed by atoms with E-state index in [4.69, 9.17) is 0 Å². The lowest BCUT2D eigenvalue weighted by Gasteiger charge is -2.11. The Bertz CT molecular complexity index is 136. The Morgan fingerprint density at radius 1 is 1.50 bits per heavy atom. The lowest BCUT2D eigenvalue weighted by Crippen LogP contribution is -2.32. The van der Waals surface area contributed by atoms with Gasteiger partial charge in [0.15, 0.2) is 0 Å². The summed E-state index contributed by atoms with van der Waals surface area (Å²) >= 11 is 3.38. The van der Waals surface area contributed by atoms with Gasteiger partial charge in [-0.25, -0.2) is 0 Å². The van der Waals surface area contributed by atoms with Gasteiger partial charge in [0.2, 0.25) is 5.91 Å². The number of carbonyl (C=O) groups is 1. The summed E-state index contributed by atoms with van der Waals surface area (Å²) in [6.45, 7) is 6.80. The van der Waals surface area contributed by atoms with Gasteiger partial charge in [-0.3, -0.25) is 4.79 Å². The molecule has 0 aliphatic carbocycles. The van der Waals surface area contributed by atoms with Crippen molar-refractivity contribution in [3.63, 3.8) is 0 Å². The van der Waals surface area contributed by atoms with Crippen LogP contribution in [0.25, 0.3) is 0 Å². The van der Waals surface area contributed by atoms with Crippen LogP contribution in [0.1, 0.15) is 33.6 Å². The fourth-order valence-corrected chi connectivity index (χ4v) is 1.14. The molecular weight excluding hydrogens is 218 g/mol. The first-order valence-corrected chi connectivity index (χ1v) is 5.41. The predicted octanol–water partition coefficient (Wildman–Crippen LogP) is 2.32. The Balaban J connectivity index is 3.57. The predicted molar refractivity (Wildman–Crippen MR) is 55.5 cm³/mol. The second kappa shape index (κ2) is 6.46. The SMILES string of the molecule is CCCC(C)C(=O)NCC(C)Br. The number of nitrogens with one attached hydrogen (secondary N) is 1. The van der Waals surface area contributed by atoms with Gasteiger partial charge in [0.1, 0.15) is 0 Å². The van der Waals surface area contributed by atoms with Crippen molar-refractivity contribution in [2.45, 2.75) is 38.4 Å². The van der Waals surface area contributed by atoms with Crippen LogP contribution in [-0.2, 0) is 4.79 Å². The number of carbonyl (C=O) groups excluding carboxylic acids is 1. The van der Waals surface area contributed by atoms with Crippen LogP contribution in [0.15, 0.2) is 0 Å². The first-order valence-electron chi connectivity index (χ1n) is 4.49. The van der Waals surface area contributed by atoms with Gasteiger partial charge in [-0.15, -0.1) is 0 Å². The molecular formula is C9H18BrNO. The van der Waals surface area contributed by atoms with Crippen LogP contribution in [0, 0.1) is 5.92 Å². The minimum Gasteiger partial charge on any atom is -0.355 e. The fourth-order valence-electron chi connectivity index (χ4n) is 0.980. The van der Waals surface area contributed by atoms with Crippen molar-refractivity contribution < 1.29 is 4.79 Å². The molecule has 0 heterocycles. The van der Waals surface area contributed by atoms with Crippen molar-refractivity contribution in [1.82, 2.24) is 5.32 Å². The van der Waals surface area contributed by atoms with Gasteiger partial charge in [-0.1, -0.05) is 43.1 Å². The Labute approximate surface area is 83.2 Å². The molecule has 0 aromatic heterocycles. The Morgan fingerprint density at radius 2 is 2.08 bits per heavy atom. The molecule has 12 heavy (non-hydrogen) atoms. The zero-order valence-electron chi connectivity index (χ0n) is 8.06. The van der Waals surface area contributed by atoms with E-state index in [1.54, 1.807) is 0 Å². The number of hydrogen-bond acceptors (Lipinski definition) is 1. The lowest BCUT2D eigenvalue weighted by atomic mass is 10.1. The third-order valence-corrected chi connectivity index (χ3v) is 2.05. The maximum atomic E-state index is 11.3. The van der Waals surface area contributed by atoms with Gasteiger partial charge < -0.3 is 5.32 Å². The monoisotopic (exact) mass is 235 g/mol. The highest BCUT2D eigenvalue weighted by atomic mass is 79.9. The van der Waals surface area contributed by atoms with E-state index in [0.29, 0.717) is 11.4 Å². The van der Waals surface area contributed by atoms with E-state index in [2.05, 4.69) is 28.2 Å². The maximum absolute atomic E-state index is 11.3. The van der Waals surface area contributed by atoms with E-state index in [0.717, 1.165) is 12.8 Å². The van der Waals surface area contributed by atoms with Gasteiger partial charge in [-0.05, 0) is 6.42 Å². The van der Waals surface area contributed by atoms with Crippen molar-refractivity contribution in [1.29, 1.82) is 0 Å². The van der Waals surface area contributed by atoms with Gasteiger partial charge >= 0.3 is 0 Å². The zero-order valence-corrected chi connectivity index (χ0v) is 9.65. The number of amides is 1. The van der Waals surface area contributed by atoms with Crippen molar-refractivity contribution in [3.05, 3.63) is 0 Å². The number of halogens is 1. The van der Waals surface area contributed by atoms with E-state index in [-0.39, 0.29) is 11.8 Å². The highest BCUT2D eigenvalue weighted by molar-refractivity contribution is 9.09. The van der Waals surface area contributed by atoms with E-state index >= 15 is 0 Å². The second-order valence-corrected chi connectivity index (χ2v) is 4.78. The van der Waals surface area contributed by atoms with Crippen molar-refractivity contribution in [2.75, 3.05) is 6.54 Å². The summed E-state index contributed by atoms with van der Waals surface area (Å²) in [6.07, 6.45) is 2.04. The van der Waals surface area contributed by atoms with Crippen molar-refractivity contribution in [2.24, 2.45) is 5.92 Å². The highest BCUT2D eigenvalue weighted by Crippen LogP contribution is 2.04. The largest absolute Gasteiger partial charge is 0.355 e. The third kappa shape index (κ3) is 5.58. The van der Waals surface area contributed by atoms with Crippen LogP contribution < -0.4 is 5.32 Å². The van der Waals surface area contributed by atoms with Crippen LogP contribution in [-0.4, -0.2) is 17.3 Å². The Kier molecular flexibility index (Phi) is 6.44. The summed E-state index contributed by atoms with van der Waals surface area (Å²) < 4.78 is 0. The van der Waals surface area contributed by atoms with Crippen molar-refractivity contribution >= 4 is 21.8 Å². The molecule has 0 radical (unpaired) electrons. The topological polar surface area (TPSA) is 29.1 Å². The first-order chi connectivity index (χ1) is 5.57. The summed E-state index contributed by atoms with van der Waals surface area (Å²) in [5.74, 6) is 0.324. The minimum atomic E-state index is 0.154. The fraction of sp³-hybridized carbons (Fsp3) is 0.889. The smallest absolute Gasteiger partial charge is 0.222 e. The standard InChI is InChI=1S/C9H18BrNO/c1-4-5-7(2)9(12)11-6-8(3)10/h7-8H,4-6H2,1-3H3,(H,11,12). The maximum Gasteiger partial charge on any atom is 0.222 e. The summed E-state index contributed by atoms with van der Waals surface area (Å²) in [4.78, 5) is 11.7. The van der Waals surface area contributed by atoms with Crippen LogP contribution >= 0.6 is 15.9 Å². The molecule has 2 nitrogen and oxygen atoms in total. The van der Waals surface area contributed by atoms with Crippen LogP contribution in [0.5, 0.6) is 0 Å². The molecule has 1 N–H and O–H groups in total. The normalized spacial score (nSPS) is 15.3. The van der Waals surface area contributed by atoms with Crippen LogP contribution in [0.4, 0.5) is 0 Å². The van der Waals surface area contributed by atoms with Gasteiger partial charge in [0, 0.05) is 17.3 Å². The molecule has 0 rings (SSSR count).